The van der Waals surface area contributed by atoms with Crippen molar-refractivity contribution in [2.24, 2.45) is 4.99 Å². The fraction of sp³-hybridized carbons (Fsp3) is 0.667. The van der Waals surface area contributed by atoms with Crippen LogP contribution in [0.2, 0.25) is 0 Å². The highest BCUT2D eigenvalue weighted by atomic mass is 16.5. The molecule has 2 heterocycles. The molecule has 0 N–H and O–H groups in total. The summed E-state index contributed by atoms with van der Waals surface area (Å²) in [6.45, 7) is 0. The molecule has 104 valence electrons. The standard InChI is InChI=1S/C12H16N2O5/c1-18-11(16)7-3-5-9(13-7)14-8(12(17)19-2)4-6-10(14)15/h7-8H,3-6H2,1-2H3/t7?,8-/m0/s1. The second kappa shape index (κ2) is 5.38. The molecule has 2 rings (SSSR count). The summed E-state index contributed by atoms with van der Waals surface area (Å²) in [5.41, 5.74) is 0. The second-order valence-corrected chi connectivity index (χ2v) is 4.46. The molecule has 0 aromatic rings. The van der Waals surface area contributed by atoms with Crippen LogP contribution >= 0.6 is 0 Å². The van der Waals surface area contributed by atoms with Crippen molar-refractivity contribution in [3.63, 3.8) is 0 Å². The van der Waals surface area contributed by atoms with E-state index in [1.54, 1.807) is 0 Å². The van der Waals surface area contributed by atoms with E-state index in [1.807, 2.05) is 0 Å². The molecule has 1 fully saturated rings. The largest absolute Gasteiger partial charge is 0.467 e. The van der Waals surface area contributed by atoms with Gasteiger partial charge in [-0.2, -0.15) is 0 Å². The maximum absolute atomic E-state index is 11.9. The van der Waals surface area contributed by atoms with Gasteiger partial charge in [0.05, 0.1) is 14.2 Å². The number of amidine groups is 1. The van der Waals surface area contributed by atoms with Crippen LogP contribution in [0.1, 0.15) is 25.7 Å². The lowest BCUT2D eigenvalue weighted by Crippen LogP contribution is -2.42. The van der Waals surface area contributed by atoms with Crippen molar-refractivity contribution in [3.05, 3.63) is 0 Å². The van der Waals surface area contributed by atoms with E-state index in [-0.39, 0.29) is 5.91 Å². The summed E-state index contributed by atoms with van der Waals surface area (Å²) >= 11 is 0. The zero-order valence-corrected chi connectivity index (χ0v) is 10.9. The van der Waals surface area contributed by atoms with E-state index < -0.39 is 24.0 Å². The number of ether oxygens (including phenoxy) is 2. The fourth-order valence-corrected chi connectivity index (χ4v) is 2.43. The van der Waals surface area contributed by atoms with Crippen LogP contribution in [0.5, 0.6) is 0 Å². The number of likely N-dealkylation sites (tertiary alicyclic amines) is 1. The van der Waals surface area contributed by atoms with Crippen LogP contribution in [-0.2, 0) is 23.9 Å². The van der Waals surface area contributed by atoms with E-state index in [4.69, 9.17) is 0 Å². The average molecular weight is 268 g/mol. The Morgan fingerprint density at radius 3 is 2.47 bits per heavy atom. The lowest BCUT2D eigenvalue weighted by molar-refractivity contribution is -0.146. The Bertz CT molecular complexity index is 445. The van der Waals surface area contributed by atoms with Crippen molar-refractivity contribution < 1.29 is 23.9 Å². The average Bonchev–Trinajstić information content (AvgIpc) is 3.03. The quantitative estimate of drug-likeness (QED) is 0.652. The SMILES string of the molecule is COC(=O)C1CCC(N2C(=O)CC[C@H]2C(=O)OC)=N1. The number of methoxy groups -OCH3 is 2. The zero-order valence-electron chi connectivity index (χ0n) is 10.9. The molecular formula is C12H16N2O5. The molecule has 2 aliphatic rings. The van der Waals surface area contributed by atoms with E-state index in [2.05, 4.69) is 14.5 Å². The van der Waals surface area contributed by atoms with Crippen LogP contribution in [0, 0.1) is 0 Å². The number of nitrogens with zero attached hydrogens (tertiary/aromatic N) is 2. The van der Waals surface area contributed by atoms with Crippen molar-refractivity contribution >= 4 is 23.7 Å². The molecule has 19 heavy (non-hydrogen) atoms. The van der Waals surface area contributed by atoms with E-state index in [0.717, 1.165) is 0 Å². The Morgan fingerprint density at radius 1 is 1.16 bits per heavy atom. The zero-order chi connectivity index (χ0) is 14.0. The Labute approximate surface area is 110 Å². The van der Waals surface area contributed by atoms with Crippen LogP contribution in [0.3, 0.4) is 0 Å². The van der Waals surface area contributed by atoms with Crippen LogP contribution in [0.25, 0.3) is 0 Å². The molecule has 2 aliphatic heterocycles. The summed E-state index contributed by atoms with van der Waals surface area (Å²) in [6, 6.07) is -1.20. The number of hydrogen-bond acceptors (Lipinski definition) is 6. The van der Waals surface area contributed by atoms with Gasteiger partial charge in [-0.15, -0.1) is 0 Å². The van der Waals surface area contributed by atoms with Gasteiger partial charge in [0.2, 0.25) is 5.91 Å². The third-order valence-electron chi connectivity index (χ3n) is 3.38. The Kier molecular flexibility index (Phi) is 3.82. The molecule has 0 aliphatic carbocycles. The number of hydrogen-bond donors (Lipinski definition) is 0. The molecule has 0 bridgehead atoms. The molecule has 7 heteroatoms. The fourth-order valence-electron chi connectivity index (χ4n) is 2.43. The summed E-state index contributed by atoms with van der Waals surface area (Å²) in [4.78, 5) is 40.5. The van der Waals surface area contributed by atoms with Gasteiger partial charge in [-0.3, -0.25) is 14.7 Å². The molecule has 0 radical (unpaired) electrons. The predicted octanol–water partition coefficient (Wildman–Crippen LogP) is -0.116. The van der Waals surface area contributed by atoms with Gasteiger partial charge in [-0.25, -0.2) is 9.59 Å². The topological polar surface area (TPSA) is 85.3 Å². The van der Waals surface area contributed by atoms with Gasteiger partial charge < -0.3 is 9.47 Å². The summed E-state index contributed by atoms with van der Waals surface area (Å²) in [5.74, 6) is -0.542. The molecule has 2 atom stereocenters. The van der Waals surface area contributed by atoms with E-state index in [0.29, 0.717) is 31.5 Å². The van der Waals surface area contributed by atoms with Gasteiger partial charge in [0.1, 0.15) is 17.9 Å². The van der Waals surface area contributed by atoms with Gasteiger partial charge in [-0.1, -0.05) is 0 Å². The highest BCUT2D eigenvalue weighted by Gasteiger charge is 2.41. The first-order valence-corrected chi connectivity index (χ1v) is 6.13. The van der Waals surface area contributed by atoms with E-state index in [1.165, 1.54) is 19.1 Å². The highest BCUT2D eigenvalue weighted by Crippen LogP contribution is 2.26. The third-order valence-corrected chi connectivity index (χ3v) is 3.38. The first-order valence-electron chi connectivity index (χ1n) is 6.13. The molecule has 0 aromatic carbocycles. The van der Waals surface area contributed by atoms with E-state index in [9.17, 15) is 14.4 Å². The predicted molar refractivity (Wildman–Crippen MR) is 64.4 cm³/mol. The number of rotatable bonds is 2. The number of amides is 1. The van der Waals surface area contributed by atoms with Gasteiger partial charge in [0.25, 0.3) is 0 Å². The van der Waals surface area contributed by atoms with Crippen LogP contribution in [-0.4, -0.2) is 54.9 Å². The Morgan fingerprint density at radius 2 is 1.84 bits per heavy atom. The Hall–Kier alpha value is -1.92. The molecule has 1 amide bonds. The minimum absolute atomic E-state index is 0.153. The van der Waals surface area contributed by atoms with Gasteiger partial charge >= 0.3 is 11.9 Å². The minimum atomic E-state index is -0.618. The van der Waals surface area contributed by atoms with Gasteiger partial charge in [-0.05, 0) is 12.8 Å². The first kappa shape index (κ1) is 13.5. The molecule has 7 nitrogen and oxygen atoms in total. The number of carbonyl (C=O) groups excluding carboxylic acids is 3. The summed E-state index contributed by atoms with van der Waals surface area (Å²) < 4.78 is 9.31. The van der Waals surface area contributed by atoms with Crippen LogP contribution in [0.15, 0.2) is 4.99 Å². The normalized spacial score (nSPS) is 26.3. The highest BCUT2D eigenvalue weighted by molar-refractivity contribution is 6.05. The maximum atomic E-state index is 11.9. The second-order valence-electron chi connectivity index (χ2n) is 4.46. The summed E-state index contributed by atoms with van der Waals surface area (Å²) in [5, 5.41) is 0. The van der Waals surface area contributed by atoms with Crippen molar-refractivity contribution in [2.75, 3.05) is 14.2 Å². The molecule has 0 saturated carbocycles. The third kappa shape index (κ3) is 2.45. The smallest absolute Gasteiger partial charge is 0.330 e. The molecular weight excluding hydrogens is 252 g/mol. The van der Waals surface area contributed by atoms with Crippen molar-refractivity contribution in [1.29, 1.82) is 0 Å². The Balaban J connectivity index is 2.18. The number of carbonyl (C=O) groups is 3. The first-order chi connectivity index (χ1) is 9.08. The molecule has 1 saturated heterocycles. The van der Waals surface area contributed by atoms with Crippen LogP contribution in [0.4, 0.5) is 0 Å². The van der Waals surface area contributed by atoms with Gasteiger partial charge in [0, 0.05) is 12.8 Å². The lowest BCUT2D eigenvalue weighted by atomic mass is 10.2. The molecule has 0 spiro atoms. The number of aliphatic imine (C=N–C) groups is 1. The summed E-state index contributed by atoms with van der Waals surface area (Å²) in [7, 11) is 2.59. The van der Waals surface area contributed by atoms with Crippen molar-refractivity contribution in [2.45, 2.75) is 37.8 Å². The van der Waals surface area contributed by atoms with Crippen LogP contribution < -0.4 is 0 Å². The molecule has 1 unspecified atom stereocenters. The minimum Gasteiger partial charge on any atom is -0.467 e. The maximum Gasteiger partial charge on any atom is 0.330 e. The number of esters is 2. The lowest BCUT2D eigenvalue weighted by Gasteiger charge is -2.22. The van der Waals surface area contributed by atoms with Crippen molar-refractivity contribution in [3.8, 4) is 0 Å². The molecule has 0 aromatic heterocycles. The van der Waals surface area contributed by atoms with Gasteiger partial charge in [0.15, 0.2) is 0 Å². The van der Waals surface area contributed by atoms with Crippen molar-refractivity contribution in [1.82, 2.24) is 4.90 Å². The summed E-state index contributed by atoms with van der Waals surface area (Å²) in [6.07, 6.45) is 1.70. The monoisotopic (exact) mass is 268 g/mol. The van der Waals surface area contributed by atoms with E-state index >= 15 is 0 Å².